The highest BCUT2D eigenvalue weighted by molar-refractivity contribution is 7.80. The lowest BCUT2D eigenvalue weighted by Gasteiger charge is -2.16. The van der Waals surface area contributed by atoms with Crippen molar-refractivity contribution >= 4 is 52.3 Å². The van der Waals surface area contributed by atoms with Crippen LogP contribution in [0.1, 0.15) is 31.8 Å². The van der Waals surface area contributed by atoms with E-state index in [9.17, 15) is 9.59 Å². The smallest absolute Gasteiger partial charge is 0.261 e. The molecule has 0 spiro atoms. The zero-order valence-electron chi connectivity index (χ0n) is 20.1. The first-order valence-electron chi connectivity index (χ1n) is 11.6. The summed E-state index contributed by atoms with van der Waals surface area (Å²) >= 11 is 17.5. The molecule has 7 nitrogen and oxygen atoms in total. The van der Waals surface area contributed by atoms with Crippen LogP contribution >= 0.6 is 35.4 Å². The number of hydrogen-bond donors (Lipinski definition) is 2. The van der Waals surface area contributed by atoms with Crippen molar-refractivity contribution in [2.24, 2.45) is 0 Å². The molecule has 0 radical (unpaired) electrons. The number of halogens is 2. The van der Waals surface area contributed by atoms with Crippen LogP contribution in [0.15, 0.2) is 60.7 Å². The van der Waals surface area contributed by atoms with E-state index < -0.39 is 0 Å². The first-order chi connectivity index (χ1) is 17.9. The largest absolute Gasteiger partial charge is 0.493 e. The van der Waals surface area contributed by atoms with Gasteiger partial charge in [0.25, 0.3) is 11.8 Å². The van der Waals surface area contributed by atoms with Crippen molar-refractivity contribution in [2.45, 2.75) is 13.0 Å². The van der Waals surface area contributed by atoms with Gasteiger partial charge in [-0.2, -0.15) is 0 Å². The fourth-order valence-electron chi connectivity index (χ4n) is 3.91. The van der Waals surface area contributed by atoms with E-state index in [2.05, 4.69) is 10.6 Å². The van der Waals surface area contributed by atoms with Gasteiger partial charge in [-0.3, -0.25) is 14.5 Å². The normalized spacial score (nSPS) is 12.4. The lowest BCUT2D eigenvalue weighted by molar-refractivity contribution is 0.0631. The van der Waals surface area contributed by atoms with Crippen molar-refractivity contribution in [1.82, 2.24) is 15.5 Å². The molecule has 2 N–H and O–H groups in total. The van der Waals surface area contributed by atoms with Gasteiger partial charge in [-0.1, -0.05) is 47.5 Å². The van der Waals surface area contributed by atoms with Gasteiger partial charge in [0.15, 0.2) is 16.6 Å². The van der Waals surface area contributed by atoms with Crippen molar-refractivity contribution < 1.29 is 19.1 Å². The lowest BCUT2D eigenvalue weighted by atomic mass is 10.1. The number of nitrogens with one attached hydrogen (secondary N) is 2. The number of methoxy groups -OCH3 is 1. The third kappa shape index (κ3) is 6.52. The number of rotatable bonds is 10. The second-order valence-corrected chi connectivity index (χ2v) is 9.49. The van der Waals surface area contributed by atoms with Gasteiger partial charge >= 0.3 is 0 Å². The molecule has 192 valence electrons. The van der Waals surface area contributed by atoms with E-state index >= 15 is 0 Å². The second-order valence-electron chi connectivity index (χ2n) is 8.24. The first kappa shape index (κ1) is 26.7. The molecule has 1 aliphatic heterocycles. The Bertz CT molecular complexity index is 1300. The molecule has 0 bridgehead atoms. The summed E-state index contributed by atoms with van der Waals surface area (Å²) in [7, 11) is 1.55. The minimum atomic E-state index is -0.307. The number of hydrogen-bond acceptors (Lipinski definition) is 5. The summed E-state index contributed by atoms with van der Waals surface area (Å²) in [5.41, 5.74) is 2.77. The van der Waals surface area contributed by atoms with E-state index in [-0.39, 0.29) is 25.0 Å². The number of carbonyl (C=O) groups is 2. The van der Waals surface area contributed by atoms with Crippen LogP contribution in [0.3, 0.4) is 0 Å². The number of fused-ring (bicyclic) bond motifs is 1. The van der Waals surface area contributed by atoms with Gasteiger partial charge in [0.1, 0.15) is 6.61 Å². The standard InChI is InChI=1S/C27H25Cl2N3O4S/c1-35-24-14-17(16-31-27(37)30-11-10-18-7-8-19(28)15-22(18)29)6-9-23(24)36-13-12-32-25(33)20-4-2-3-5-21(20)26(32)34/h2-9,14-15H,10-13,16H2,1H3,(H2,30,31,37). The predicted octanol–water partition coefficient (Wildman–Crippen LogP) is 4.88. The first-order valence-corrected chi connectivity index (χ1v) is 12.7. The summed E-state index contributed by atoms with van der Waals surface area (Å²) < 4.78 is 11.3. The van der Waals surface area contributed by atoms with Crippen LogP contribution in [0.5, 0.6) is 11.5 Å². The quantitative estimate of drug-likeness (QED) is 0.271. The number of ether oxygens (including phenoxy) is 2. The molecular formula is C27H25Cl2N3O4S. The molecule has 0 unspecified atom stereocenters. The van der Waals surface area contributed by atoms with E-state index in [4.69, 9.17) is 44.9 Å². The highest BCUT2D eigenvalue weighted by Crippen LogP contribution is 2.29. The Morgan fingerprint density at radius 2 is 1.68 bits per heavy atom. The van der Waals surface area contributed by atoms with Crippen LogP contribution in [-0.2, 0) is 13.0 Å². The number of amides is 2. The Kier molecular flexibility index (Phi) is 8.87. The lowest BCUT2D eigenvalue weighted by Crippen LogP contribution is -2.35. The zero-order valence-corrected chi connectivity index (χ0v) is 22.4. The number of carbonyl (C=O) groups excluding carboxylic acids is 2. The molecule has 37 heavy (non-hydrogen) atoms. The molecule has 10 heteroatoms. The second kappa shape index (κ2) is 12.3. The van der Waals surface area contributed by atoms with Gasteiger partial charge in [-0.15, -0.1) is 0 Å². The molecule has 0 aliphatic carbocycles. The van der Waals surface area contributed by atoms with Crippen molar-refractivity contribution in [3.63, 3.8) is 0 Å². The van der Waals surface area contributed by atoms with Gasteiger partial charge in [-0.25, -0.2) is 0 Å². The third-order valence-corrected chi connectivity index (χ3v) is 6.70. The van der Waals surface area contributed by atoms with E-state index in [1.807, 2.05) is 24.3 Å². The van der Waals surface area contributed by atoms with Crippen LogP contribution in [0.2, 0.25) is 10.0 Å². The molecule has 3 aromatic rings. The van der Waals surface area contributed by atoms with Crippen LogP contribution in [-0.4, -0.2) is 48.6 Å². The number of imide groups is 1. The van der Waals surface area contributed by atoms with E-state index in [0.29, 0.717) is 57.3 Å². The fourth-order valence-corrected chi connectivity index (χ4v) is 4.59. The molecule has 4 rings (SSSR count). The Hall–Kier alpha value is -3.33. The molecule has 1 aliphatic rings. The maximum Gasteiger partial charge on any atom is 0.261 e. The molecule has 3 aromatic carbocycles. The number of benzene rings is 3. The zero-order chi connectivity index (χ0) is 26.4. The molecule has 0 saturated heterocycles. The minimum Gasteiger partial charge on any atom is -0.493 e. The average Bonchev–Trinajstić information content (AvgIpc) is 3.14. The molecular weight excluding hydrogens is 533 g/mol. The molecule has 0 atom stereocenters. The summed E-state index contributed by atoms with van der Waals surface area (Å²) in [6.07, 6.45) is 0.707. The molecule has 2 amide bonds. The van der Waals surface area contributed by atoms with E-state index in [0.717, 1.165) is 11.1 Å². The van der Waals surface area contributed by atoms with E-state index in [1.165, 1.54) is 4.90 Å². The van der Waals surface area contributed by atoms with Crippen LogP contribution < -0.4 is 20.1 Å². The maximum absolute atomic E-state index is 12.5. The molecule has 0 fully saturated rings. The van der Waals surface area contributed by atoms with Gasteiger partial charge in [0, 0.05) is 23.1 Å². The molecule has 0 aromatic heterocycles. The Morgan fingerprint density at radius 1 is 0.946 bits per heavy atom. The maximum atomic E-state index is 12.5. The molecule has 0 saturated carbocycles. The van der Waals surface area contributed by atoms with Gasteiger partial charge in [0.2, 0.25) is 0 Å². The average molecular weight is 558 g/mol. The summed E-state index contributed by atoms with van der Waals surface area (Å²) in [5, 5.41) is 8.09. The monoisotopic (exact) mass is 557 g/mol. The van der Waals surface area contributed by atoms with Crippen molar-refractivity contribution in [1.29, 1.82) is 0 Å². The molecule has 1 heterocycles. The Balaban J connectivity index is 1.24. The van der Waals surface area contributed by atoms with Crippen molar-refractivity contribution in [3.05, 3.63) is 93.0 Å². The summed E-state index contributed by atoms with van der Waals surface area (Å²) in [5.74, 6) is 0.443. The predicted molar refractivity (Wildman–Crippen MR) is 148 cm³/mol. The summed E-state index contributed by atoms with van der Waals surface area (Å²) in [6, 6.07) is 17.8. The van der Waals surface area contributed by atoms with Crippen molar-refractivity contribution in [3.8, 4) is 11.5 Å². The summed E-state index contributed by atoms with van der Waals surface area (Å²) in [4.78, 5) is 26.2. The summed E-state index contributed by atoms with van der Waals surface area (Å²) in [6.45, 7) is 1.39. The van der Waals surface area contributed by atoms with Gasteiger partial charge < -0.3 is 20.1 Å². The number of nitrogens with zero attached hydrogens (tertiary/aromatic N) is 1. The SMILES string of the molecule is COc1cc(CNC(=S)NCCc2ccc(Cl)cc2Cl)ccc1OCCN1C(=O)c2ccccc2C1=O. The van der Waals surface area contributed by atoms with Crippen LogP contribution in [0, 0.1) is 0 Å². The van der Waals surface area contributed by atoms with Crippen LogP contribution in [0.25, 0.3) is 0 Å². The highest BCUT2D eigenvalue weighted by Gasteiger charge is 2.34. The fraction of sp³-hybridized carbons (Fsp3) is 0.222. The van der Waals surface area contributed by atoms with Crippen LogP contribution in [0.4, 0.5) is 0 Å². The third-order valence-electron chi connectivity index (χ3n) is 5.83. The number of thiocarbonyl (C=S) groups is 1. The Morgan fingerprint density at radius 3 is 2.35 bits per heavy atom. The minimum absolute atomic E-state index is 0.139. The van der Waals surface area contributed by atoms with E-state index in [1.54, 1.807) is 43.5 Å². The van der Waals surface area contributed by atoms with Gasteiger partial charge in [0.05, 0.1) is 24.8 Å². The van der Waals surface area contributed by atoms with Crippen molar-refractivity contribution in [2.75, 3.05) is 26.8 Å². The van der Waals surface area contributed by atoms with Gasteiger partial charge in [-0.05, 0) is 66.2 Å². The topological polar surface area (TPSA) is 79.9 Å². The highest BCUT2D eigenvalue weighted by atomic mass is 35.5. The Labute approximate surface area is 230 Å².